The molecule has 0 unspecified atom stereocenters. The number of nitrogens with one attached hydrogen (secondary N) is 1. The topological polar surface area (TPSA) is 39.7 Å². The van der Waals surface area contributed by atoms with E-state index in [9.17, 15) is 0 Å². The maximum Gasteiger partial charge on any atom is 0.203 e. The molecule has 1 saturated carbocycles. The van der Waals surface area contributed by atoms with E-state index in [1.54, 1.807) is 21.3 Å². The Bertz CT molecular complexity index is 430. The van der Waals surface area contributed by atoms with Gasteiger partial charge in [-0.1, -0.05) is 13.3 Å². The zero-order valence-corrected chi connectivity index (χ0v) is 12.9. The van der Waals surface area contributed by atoms with Crippen LogP contribution in [-0.4, -0.2) is 27.9 Å². The number of hydrogen-bond donors (Lipinski definition) is 1. The molecule has 0 bridgehead atoms. The summed E-state index contributed by atoms with van der Waals surface area (Å²) in [7, 11) is 4.91. The lowest BCUT2D eigenvalue weighted by molar-refractivity contribution is 0.156. The molecule has 0 heterocycles. The molecule has 0 radical (unpaired) electrons. The summed E-state index contributed by atoms with van der Waals surface area (Å²) in [6, 6.07) is 3.99. The van der Waals surface area contributed by atoms with Gasteiger partial charge in [0.15, 0.2) is 11.5 Å². The molecule has 112 valence electrons. The predicted octanol–water partition coefficient (Wildman–Crippen LogP) is 2.99. The maximum atomic E-state index is 5.37. The fraction of sp³-hybridized carbons (Fsp3) is 0.625. The van der Waals surface area contributed by atoms with Crippen molar-refractivity contribution in [3.63, 3.8) is 0 Å². The molecule has 1 N–H and O–H groups in total. The van der Waals surface area contributed by atoms with Crippen LogP contribution >= 0.6 is 0 Å². The van der Waals surface area contributed by atoms with E-state index in [2.05, 4.69) is 12.2 Å². The zero-order valence-electron chi connectivity index (χ0n) is 12.9. The lowest BCUT2D eigenvalue weighted by atomic mass is 9.70. The molecule has 20 heavy (non-hydrogen) atoms. The molecule has 0 saturated heterocycles. The van der Waals surface area contributed by atoms with E-state index in [-0.39, 0.29) is 0 Å². The van der Waals surface area contributed by atoms with Crippen LogP contribution in [0.15, 0.2) is 12.1 Å². The first kappa shape index (κ1) is 15.0. The van der Waals surface area contributed by atoms with Crippen molar-refractivity contribution in [3.8, 4) is 17.2 Å². The SMILES string of the molecule is COc1cc(CNCC2(C)CCC2)cc(OC)c1OC. The van der Waals surface area contributed by atoms with Gasteiger partial charge in [0, 0.05) is 13.1 Å². The summed E-state index contributed by atoms with van der Waals surface area (Å²) in [5.74, 6) is 2.06. The molecule has 0 spiro atoms. The van der Waals surface area contributed by atoms with Crippen molar-refractivity contribution in [2.75, 3.05) is 27.9 Å². The highest BCUT2D eigenvalue weighted by atomic mass is 16.5. The van der Waals surface area contributed by atoms with Gasteiger partial charge in [0.05, 0.1) is 21.3 Å². The van der Waals surface area contributed by atoms with Crippen molar-refractivity contribution in [1.82, 2.24) is 5.32 Å². The highest BCUT2D eigenvalue weighted by Crippen LogP contribution is 2.40. The fourth-order valence-corrected chi connectivity index (χ4v) is 2.70. The van der Waals surface area contributed by atoms with Crippen LogP contribution in [0.1, 0.15) is 31.7 Å². The number of hydrogen-bond acceptors (Lipinski definition) is 4. The van der Waals surface area contributed by atoms with Crippen molar-refractivity contribution >= 4 is 0 Å². The van der Waals surface area contributed by atoms with E-state index >= 15 is 0 Å². The van der Waals surface area contributed by atoms with Gasteiger partial charge in [-0.05, 0) is 36.0 Å². The third-order valence-electron chi connectivity index (χ3n) is 4.17. The Morgan fingerprint density at radius 1 is 1.05 bits per heavy atom. The summed E-state index contributed by atoms with van der Waals surface area (Å²) in [6.45, 7) is 4.22. The summed E-state index contributed by atoms with van der Waals surface area (Å²) in [5.41, 5.74) is 1.63. The molecule has 4 nitrogen and oxygen atoms in total. The van der Waals surface area contributed by atoms with Gasteiger partial charge in [0.25, 0.3) is 0 Å². The Morgan fingerprint density at radius 3 is 2.05 bits per heavy atom. The number of methoxy groups -OCH3 is 3. The Morgan fingerprint density at radius 2 is 1.65 bits per heavy atom. The summed E-state index contributed by atoms with van der Waals surface area (Å²) >= 11 is 0. The third-order valence-corrected chi connectivity index (χ3v) is 4.17. The molecular formula is C16H25NO3. The Labute approximate surface area is 121 Å². The van der Waals surface area contributed by atoms with Gasteiger partial charge in [-0.3, -0.25) is 0 Å². The van der Waals surface area contributed by atoms with E-state index in [4.69, 9.17) is 14.2 Å². The quantitative estimate of drug-likeness (QED) is 0.833. The lowest BCUT2D eigenvalue weighted by Crippen LogP contribution is -2.36. The molecule has 1 aliphatic carbocycles. The monoisotopic (exact) mass is 279 g/mol. The first-order valence-corrected chi connectivity index (χ1v) is 7.11. The van der Waals surface area contributed by atoms with E-state index in [1.807, 2.05) is 12.1 Å². The van der Waals surface area contributed by atoms with Gasteiger partial charge < -0.3 is 19.5 Å². The molecule has 0 aromatic heterocycles. The van der Waals surface area contributed by atoms with E-state index in [1.165, 1.54) is 19.3 Å². The van der Waals surface area contributed by atoms with Gasteiger partial charge in [-0.15, -0.1) is 0 Å². The molecule has 1 aromatic rings. The minimum Gasteiger partial charge on any atom is -0.493 e. The highest BCUT2D eigenvalue weighted by molar-refractivity contribution is 5.53. The van der Waals surface area contributed by atoms with Gasteiger partial charge in [-0.25, -0.2) is 0 Å². The molecule has 0 atom stereocenters. The van der Waals surface area contributed by atoms with Gasteiger partial charge in [0.2, 0.25) is 5.75 Å². The van der Waals surface area contributed by atoms with Crippen LogP contribution in [0.5, 0.6) is 17.2 Å². The largest absolute Gasteiger partial charge is 0.493 e. The first-order chi connectivity index (χ1) is 9.61. The van der Waals surface area contributed by atoms with Crippen LogP contribution in [-0.2, 0) is 6.54 Å². The van der Waals surface area contributed by atoms with Crippen molar-refractivity contribution in [1.29, 1.82) is 0 Å². The smallest absolute Gasteiger partial charge is 0.203 e. The minimum atomic E-state index is 0.487. The summed E-state index contributed by atoms with van der Waals surface area (Å²) in [5, 5.41) is 3.53. The standard InChI is InChI=1S/C16H25NO3/c1-16(6-5-7-16)11-17-10-12-8-13(18-2)15(20-4)14(9-12)19-3/h8-9,17H,5-7,10-11H2,1-4H3. The van der Waals surface area contributed by atoms with Crippen molar-refractivity contribution < 1.29 is 14.2 Å². The molecule has 0 amide bonds. The zero-order chi connectivity index (χ0) is 14.6. The van der Waals surface area contributed by atoms with E-state index < -0.39 is 0 Å². The maximum absolute atomic E-state index is 5.37. The van der Waals surface area contributed by atoms with E-state index in [0.29, 0.717) is 22.7 Å². The fourth-order valence-electron chi connectivity index (χ4n) is 2.70. The van der Waals surface area contributed by atoms with Crippen molar-refractivity contribution in [2.24, 2.45) is 5.41 Å². The van der Waals surface area contributed by atoms with Crippen LogP contribution in [0.25, 0.3) is 0 Å². The molecule has 1 fully saturated rings. The summed E-state index contributed by atoms with van der Waals surface area (Å²) < 4.78 is 16.1. The molecule has 0 aliphatic heterocycles. The van der Waals surface area contributed by atoms with E-state index in [0.717, 1.165) is 18.7 Å². The van der Waals surface area contributed by atoms with Crippen LogP contribution in [0.2, 0.25) is 0 Å². The van der Waals surface area contributed by atoms with Crippen LogP contribution in [0.4, 0.5) is 0 Å². The second kappa shape index (κ2) is 6.35. The second-order valence-corrected chi connectivity index (χ2v) is 5.80. The van der Waals surface area contributed by atoms with Crippen LogP contribution < -0.4 is 19.5 Å². The normalized spacial score (nSPS) is 16.4. The van der Waals surface area contributed by atoms with Crippen molar-refractivity contribution in [3.05, 3.63) is 17.7 Å². The van der Waals surface area contributed by atoms with Crippen LogP contribution in [0, 0.1) is 5.41 Å². The first-order valence-electron chi connectivity index (χ1n) is 7.11. The van der Waals surface area contributed by atoms with Crippen molar-refractivity contribution in [2.45, 2.75) is 32.7 Å². The van der Waals surface area contributed by atoms with Gasteiger partial charge in [-0.2, -0.15) is 0 Å². The Hall–Kier alpha value is -1.42. The highest BCUT2D eigenvalue weighted by Gasteiger charge is 2.30. The average molecular weight is 279 g/mol. The third kappa shape index (κ3) is 3.18. The molecule has 4 heteroatoms. The average Bonchev–Trinajstić information content (AvgIpc) is 2.44. The summed E-state index contributed by atoms with van der Waals surface area (Å²) in [4.78, 5) is 0. The van der Waals surface area contributed by atoms with Gasteiger partial charge in [0.1, 0.15) is 0 Å². The molecule has 1 aliphatic rings. The Kier molecular flexibility index (Phi) is 4.76. The number of ether oxygens (including phenoxy) is 3. The number of rotatable bonds is 7. The lowest BCUT2D eigenvalue weighted by Gasteiger charge is -2.38. The van der Waals surface area contributed by atoms with Gasteiger partial charge >= 0.3 is 0 Å². The predicted molar refractivity (Wildman–Crippen MR) is 79.8 cm³/mol. The molecule has 1 aromatic carbocycles. The minimum absolute atomic E-state index is 0.487. The molecule has 2 rings (SSSR count). The molecular weight excluding hydrogens is 254 g/mol. The second-order valence-electron chi connectivity index (χ2n) is 5.80. The summed E-state index contributed by atoms with van der Waals surface area (Å²) in [6.07, 6.45) is 4.02. The number of benzene rings is 1. The van der Waals surface area contributed by atoms with Crippen LogP contribution in [0.3, 0.4) is 0 Å². The Balaban J connectivity index is 2.03.